The molecule has 1 aliphatic heterocycles. The van der Waals surface area contributed by atoms with E-state index in [4.69, 9.17) is 5.73 Å². The summed E-state index contributed by atoms with van der Waals surface area (Å²) in [5.41, 5.74) is 5.76. The minimum absolute atomic E-state index is 0. The molecule has 0 spiro atoms. The SMILES string of the molecule is COC(=O)[C@@H]1[C@H](NC(=O)Cc2csc(N)n2)C(=O)N1S(=O)(=O)[O-].[Na+]. The maximum Gasteiger partial charge on any atom is 1.00 e. The molecule has 24 heavy (non-hydrogen) atoms. The van der Waals surface area contributed by atoms with Crippen LogP contribution in [0, 0.1) is 0 Å². The molecule has 1 aromatic heterocycles. The number of rotatable bonds is 5. The maximum atomic E-state index is 11.8. The van der Waals surface area contributed by atoms with Gasteiger partial charge in [-0.1, -0.05) is 0 Å². The summed E-state index contributed by atoms with van der Waals surface area (Å²) in [4.78, 5) is 39.0. The van der Waals surface area contributed by atoms with Gasteiger partial charge >= 0.3 is 35.5 Å². The third-order valence-electron chi connectivity index (χ3n) is 2.96. The molecule has 1 aromatic rings. The third kappa shape index (κ3) is 4.23. The van der Waals surface area contributed by atoms with Crippen molar-refractivity contribution in [1.82, 2.24) is 14.6 Å². The molecular weight excluding hydrogens is 375 g/mol. The van der Waals surface area contributed by atoms with Crippen LogP contribution in [0.3, 0.4) is 0 Å². The van der Waals surface area contributed by atoms with Gasteiger partial charge in [0.05, 0.1) is 19.2 Å². The van der Waals surface area contributed by atoms with Crippen molar-refractivity contribution in [3.63, 3.8) is 0 Å². The van der Waals surface area contributed by atoms with Crippen molar-refractivity contribution in [2.24, 2.45) is 0 Å². The number of aromatic nitrogens is 1. The van der Waals surface area contributed by atoms with E-state index in [1.807, 2.05) is 0 Å². The Kier molecular flexibility index (Phi) is 6.72. The largest absolute Gasteiger partial charge is 1.00 e. The van der Waals surface area contributed by atoms with E-state index < -0.39 is 40.2 Å². The van der Waals surface area contributed by atoms with E-state index in [0.29, 0.717) is 5.69 Å². The van der Waals surface area contributed by atoms with Gasteiger partial charge in [-0.2, -0.15) is 0 Å². The van der Waals surface area contributed by atoms with Crippen LogP contribution in [0.1, 0.15) is 5.69 Å². The normalized spacial score (nSPS) is 19.9. The van der Waals surface area contributed by atoms with E-state index in [1.165, 1.54) is 5.38 Å². The molecule has 0 bridgehead atoms. The zero-order chi connectivity index (χ0) is 17.4. The van der Waals surface area contributed by atoms with Crippen molar-refractivity contribution in [1.29, 1.82) is 0 Å². The number of nitrogens with two attached hydrogens (primary N) is 1. The van der Waals surface area contributed by atoms with Gasteiger partial charge < -0.3 is 20.3 Å². The summed E-state index contributed by atoms with van der Waals surface area (Å²) < 4.78 is 37.1. The summed E-state index contributed by atoms with van der Waals surface area (Å²) >= 11 is 1.12. The molecule has 0 aliphatic carbocycles. The van der Waals surface area contributed by atoms with Gasteiger partial charge in [-0.15, -0.1) is 11.3 Å². The number of esters is 1. The molecule has 1 fully saturated rings. The first-order valence-corrected chi connectivity index (χ1v) is 8.25. The van der Waals surface area contributed by atoms with E-state index in [-0.39, 0.29) is 45.4 Å². The number of amides is 2. The van der Waals surface area contributed by atoms with Crippen LogP contribution in [0.15, 0.2) is 5.38 Å². The van der Waals surface area contributed by atoms with Crippen LogP contribution in [0.25, 0.3) is 0 Å². The van der Waals surface area contributed by atoms with Crippen molar-refractivity contribution in [2.75, 3.05) is 12.8 Å². The second-order valence-electron chi connectivity index (χ2n) is 4.46. The Hall–Kier alpha value is -1.25. The van der Waals surface area contributed by atoms with E-state index in [0.717, 1.165) is 18.4 Å². The average molecular weight is 386 g/mol. The van der Waals surface area contributed by atoms with Crippen molar-refractivity contribution in [3.8, 4) is 0 Å². The Balaban J connectivity index is 0.00000288. The second-order valence-corrected chi connectivity index (χ2v) is 6.60. The minimum Gasteiger partial charge on any atom is -0.731 e. The molecule has 0 saturated carbocycles. The van der Waals surface area contributed by atoms with Gasteiger partial charge in [0.15, 0.2) is 21.5 Å². The first-order chi connectivity index (χ1) is 10.6. The number of ether oxygens (including phenoxy) is 1. The Morgan fingerprint density at radius 1 is 1.54 bits per heavy atom. The molecule has 11 nitrogen and oxygen atoms in total. The van der Waals surface area contributed by atoms with Crippen LogP contribution in [0.2, 0.25) is 0 Å². The van der Waals surface area contributed by atoms with Crippen LogP contribution in [0.5, 0.6) is 0 Å². The third-order valence-corrected chi connectivity index (χ3v) is 4.57. The van der Waals surface area contributed by atoms with Crippen LogP contribution in [-0.2, 0) is 35.8 Å². The fourth-order valence-electron chi connectivity index (χ4n) is 2.00. The molecule has 2 heterocycles. The number of β-lactam (4-membered cyclic amide) rings is 1. The standard InChI is InChI=1S/C10H12N4O7S2.Na/c1-21-9(17)7-6(8(16)14(7)23(18,19)20)13-5(15)2-4-3-22-10(11)12-4;/h3,6-7H,2H2,1H3,(H2,11,12)(H,13,15)(H,18,19,20);/q;+1/p-1/t6-,7-;/m0./s1. The summed E-state index contributed by atoms with van der Waals surface area (Å²) in [7, 11) is -4.23. The van der Waals surface area contributed by atoms with Gasteiger partial charge in [0.1, 0.15) is 6.04 Å². The van der Waals surface area contributed by atoms with Crippen molar-refractivity contribution in [3.05, 3.63) is 11.1 Å². The molecule has 0 radical (unpaired) electrons. The number of hydrogen-bond acceptors (Lipinski definition) is 10. The maximum absolute atomic E-state index is 11.8. The Labute approximate surface area is 162 Å². The van der Waals surface area contributed by atoms with Gasteiger partial charge in [0.25, 0.3) is 5.91 Å². The fourth-order valence-corrected chi connectivity index (χ4v) is 3.38. The van der Waals surface area contributed by atoms with E-state index >= 15 is 0 Å². The number of thiazole rings is 1. The van der Waals surface area contributed by atoms with Crippen molar-refractivity contribution < 1.29 is 61.6 Å². The monoisotopic (exact) mass is 386 g/mol. The van der Waals surface area contributed by atoms with Gasteiger partial charge in [-0.05, 0) is 0 Å². The summed E-state index contributed by atoms with van der Waals surface area (Å²) in [5, 5.41) is 3.97. The molecule has 126 valence electrons. The molecule has 1 saturated heterocycles. The number of methoxy groups -OCH3 is 1. The van der Waals surface area contributed by atoms with E-state index in [1.54, 1.807) is 0 Å². The molecule has 3 N–H and O–H groups in total. The quantitative estimate of drug-likeness (QED) is 0.217. The fraction of sp³-hybridized carbons (Fsp3) is 0.400. The van der Waals surface area contributed by atoms with Crippen LogP contribution in [-0.4, -0.2) is 59.2 Å². The first kappa shape index (κ1) is 20.8. The van der Waals surface area contributed by atoms with Crippen LogP contribution >= 0.6 is 11.3 Å². The second kappa shape index (κ2) is 7.76. The predicted octanol–water partition coefficient (Wildman–Crippen LogP) is -5.40. The molecule has 2 amide bonds. The Bertz CT molecular complexity index is 765. The molecular formula is C10H11N4NaO7S2. The zero-order valence-electron chi connectivity index (χ0n) is 12.6. The van der Waals surface area contributed by atoms with Gasteiger partial charge in [0, 0.05) is 5.38 Å². The molecule has 14 heteroatoms. The number of anilines is 1. The molecule has 2 rings (SSSR count). The summed E-state index contributed by atoms with van der Waals surface area (Å²) in [5.74, 6) is -3.03. The molecule has 1 aliphatic rings. The van der Waals surface area contributed by atoms with Gasteiger partial charge in [-0.3, -0.25) is 9.59 Å². The summed E-state index contributed by atoms with van der Waals surface area (Å²) in [6.07, 6.45) is -0.227. The molecule has 0 unspecified atom stereocenters. The van der Waals surface area contributed by atoms with Gasteiger partial charge in [-0.25, -0.2) is 22.5 Å². The Morgan fingerprint density at radius 2 is 2.17 bits per heavy atom. The Morgan fingerprint density at radius 3 is 2.62 bits per heavy atom. The number of hydrogen-bond donors (Lipinski definition) is 2. The number of nitrogen functional groups attached to an aromatic ring is 1. The van der Waals surface area contributed by atoms with Crippen molar-refractivity contribution >= 4 is 44.6 Å². The molecule has 0 aromatic carbocycles. The first-order valence-electron chi connectivity index (χ1n) is 6.01. The summed E-state index contributed by atoms with van der Waals surface area (Å²) in [6, 6.07) is -3.21. The minimum atomic E-state index is -5.19. The van der Waals surface area contributed by atoms with Crippen molar-refractivity contribution in [2.45, 2.75) is 18.5 Å². The molecule has 2 atom stereocenters. The van der Waals surface area contributed by atoms with Crippen LogP contribution in [0.4, 0.5) is 5.13 Å². The number of carbonyl (C=O) groups excluding carboxylic acids is 3. The topological polar surface area (TPSA) is 172 Å². The average Bonchev–Trinajstić information content (AvgIpc) is 2.84. The van der Waals surface area contributed by atoms with Crippen LogP contribution < -0.4 is 40.6 Å². The number of carbonyl (C=O) groups is 3. The summed E-state index contributed by atoms with van der Waals surface area (Å²) in [6.45, 7) is 0. The predicted molar refractivity (Wildman–Crippen MR) is 74.5 cm³/mol. The van der Waals surface area contributed by atoms with E-state index in [2.05, 4.69) is 15.0 Å². The van der Waals surface area contributed by atoms with Gasteiger partial charge in [0.2, 0.25) is 5.91 Å². The number of nitrogens with one attached hydrogen (secondary N) is 1. The number of nitrogens with zero attached hydrogens (tertiary/aromatic N) is 2. The smallest absolute Gasteiger partial charge is 0.731 e. The zero-order valence-corrected chi connectivity index (χ0v) is 16.2. The van der Waals surface area contributed by atoms with E-state index in [9.17, 15) is 27.4 Å².